The van der Waals surface area contributed by atoms with Gasteiger partial charge < -0.3 is 0 Å². The Hall–Kier alpha value is -1.18. The molecule has 20 heavy (non-hydrogen) atoms. The summed E-state index contributed by atoms with van der Waals surface area (Å²) >= 11 is 5.68. The first-order valence-electron chi connectivity index (χ1n) is 6.13. The second kappa shape index (κ2) is 5.31. The number of nitro benzene ring substituents is 1. The van der Waals surface area contributed by atoms with Crippen LogP contribution in [0.3, 0.4) is 0 Å². The average Bonchev–Trinajstić information content (AvgIpc) is 3.04. The molecule has 0 aliphatic heterocycles. The lowest BCUT2D eigenvalue weighted by Gasteiger charge is -2.17. The number of hydrogen-bond acceptors (Lipinski definition) is 4. The molecule has 0 N–H and O–H groups in total. The van der Waals surface area contributed by atoms with Crippen LogP contribution >= 0.6 is 11.6 Å². The number of benzene rings is 1. The van der Waals surface area contributed by atoms with E-state index in [-0.39, 0.29) is 9.92 Å². The van der Waals surface area contributed by atoms with Crippen molar-refractivity contribution in [1.82, 2.24) is 4.31 Å². The first-order chi connectivity index (χ1) is 9.23. The fourth-order valence-electron chi connectivity index (χ4n) is 2.05. The molecule has 2 atom stereocenters. The molecule has 1 aliphatic rings. The highest BCUT2D eigenvalue weighted by Crippen LogP contribution is 2.39. The van der Waals surface area contributed by atoms with Crippen molar-refractivity contribution in [3.8, 4) is 0 Å². The summed E-state index contributed by atoms with van der Waals surface area (Å²) in [4.78, 5) is 10.0. The molecule has 6 nitrogen and oxygen atoms in total. The largest absolute Gasteiger partial charge is 0.289 e. The Kier molecular flexibility index (Phi) is 4.04. The Labute approximate surface area is 122 Å². The quantitative estimate of drug-likeness (QED) is 0.617. The molecule has 2 rings (SSSR count). The molecule has 1 saturated carbocycles. The molecule has 1 aliphatic carbocycles. The maximum absolute atomic E-state index is 12.3. The van der Waals surface area contributed by atoms with E-state index in [1.54, 1.807) is 0 Å². The third-order valence-electron chi connectivity index (χ3n) is 3.59. The van der Waals surface area contributed by atoms with Crippen LogP contribution in [-0.2, 0) is 10.0 Å². The molecule has 0 amide bonds. The van der Waals surface area contributed by atoms with Crippen LogP contribution in [0, 0.1) is 22.0 Å². The summed E-state index contributed by atoms with van der Waals surface area (Å²) < 4.78 is 25.9. The molecule has 0 bridgehead atoms. The number of sulfonamides is 1. The van der Waals surface area contributed by atoms with Crippen molar-refractivity contribution in [2.75, 3.05) is 13.6 Å². The predicted molar refractivity (Wildman–Crippen MR) is 75.2 cm³/mol. The van der Waals surface area contributed by atoms with Gasteiger partial charge in [0.15, 0.2) is 0 Å². The molecule has 0 saturated heterocycles. The fourth-order valence-corrected chi connectivity index (χ4v) is 3.49. The van der Waals surface area contributed by atoms with E-state index in [1.165, 1.54) is 23.5 Å². The first-order valence-corrected chi connectivity index (χ1v) is 7.95. The summed E-state index contributed by atoms with van der Waals surface area (Å²) in [6, 6.07) is 3.53. The maximum Gasteiger partial charge on any atom is 0.289 e. The van der Waals surface area contributed by atoms with Crippen LogP contribution in [0.1, 0.15) is 13.3 Å². The molecule has 2 unspecified atom stereocenters. The minimum Gasteiger partial charge on any atom is -0.258 e. The summed E-state index contributed by atoms with van der Waals surface area (Å²) in [5.41, 5.74) is -0.402. The molecule has 1 fully saturated rings. The first kappa shape index (κ1) is 15.2. The lowest BCUT2D eigenvalue weighted by atomic mass is 10.3. The van der Waals surface area contributed by atoms with Gasteiger partial charge in [-0.2, -0.15) is 0 Å². The Morgan fingerprint density at radius 2 is 2.10 bits per heavy atom. The highest BCUT2D eigenvalue weighted by Gasteiger charge is 2.36. The topological polar surface area (TPSA) is 80.5 Å². The van der Waals surface area contributed by atoms with Crippen LogP contribution < -0.4 is 0 Å². The standard InChI is InChI=1S/C12H15ClN2O4S/c1-8-5-9(8)7-14(2)20(18,19)10-3-4-11(13)12(6-10)15(16)17/h3-4,6,8-9H,5,7H2,1-2H3. The van der Waals surface area contributed by atoms with Crippen LogP contribution in [-0.4, -0.2) is 31.2 Å². The third-order valence-corrected chi connectivity index (χ3v) is 5.73. The van der Waals surface area contributed by atoms with Gasteiger partial charge in [0, 0.05) is 19.7 Å². The van der Waals surface area contributed by atoms with E-state index in [9.17, 15) is 18.5 Å². The van der Waals surface area contributed by atoms with Gasteiger partial charge in [0.2, 0.25) is 10.0 Å². The van der Waals surface area contributed by atoms with Gasteiger partial charge in [-0.25, -0.2) is 12.7 Å². The van der Waals surface area contributed by atoms with Gasteiger partial charge in [0.05, 0.1) is 9.82 Å². The Balaban J connectivity index is 2.29. The molecule has 1 aromatic rings. The van der Waals surface area contributed by atoms with E-state index in [4.69, 9.17) is 11.6 Å². The van der Waals surface area contributed by atoms with Crippen molar-refractivity contribution in [1.29, 1.82) is 0 Å². The van der Waals surface area contributed by atoms with Crippen molar-refractivity contribution >= 4 is 27.3 Å². The zero-order valence-corrected chi connectivity index (χ0v) is 12.7. The molecule has 0 heterocycles. The van der Waals surface area contributed by atoms with E-state index < -0.39 is 20.6 Å². The summed E-state index contributed by atoms with van der Waals surface area (Å²) in [5.74, 6) is 0.907. The van der Waals surface area contributed by atoms with Crippen LogP contribution in [0.15, 0.2) is 23.1 Å². The van der Waals surface area contributed by atoms with E-state index in [0.29, 0.717) is 18.4 Å². The Morgan fingerprint density at radius 3 is 2.60 bits per heavy atom. The van der Waals surface area contributed by atoms with Crippen LogP contribution in [0.5, 0.6) is 0 Å². The van der Waals surface area contributed by atoms with E-state index in [0.717, 1.165) is 12.5 Å². The molecule has 0 spiro atoms. The number of nitrogens with zero attached hydrogens (tertiary/aromatic N) is 2. The summed E-state index contributed by atoms with van der Waals surface area (Å²) in [7, 11) is -2.23. The van der Waals surface area contributed by atoms with Crippen LogP contribution in [0.25, 0.3) is 0 Å². The van der Waals surface area contributed by atoms with Gasteiger partial charge in [-0.1, -0.05) is 18.5 Å². The number of halogens is 1. The lowest BCUT2D eigenvalue weighted by molar-refractivity contribution is -0.384. The zero-order chi connectivity index (χ0) is 15.1. The number of rotatable bonds is 5. The molecular formula is C12H15ClN2O4S. The summed E-state index contributed by atoms with van der Waals surface area (Å²) in [5, 5.41) is 10.7. The number of nitro groups is 1. The molecule has 1 aromatic carbocycles. The predicted octanol–water partition coefficient (Wildman–Crippen LogP) is 2.52. The molecule has 8 heteroatoms. The van der Waals surface area contributed by atoms with Gasteiger partial charge >= 0.3 is 0 Å². The van der Waals surface area contributed by atoms with E-state index >= 15 is 0 Å². The van der Waals surface area contributed by atoms with Crippen molar-refractivity contribution in [2.24, 2.45) is 11.8 Å². The minimum atomic E-state index is -3.72. The number of hydrogen-bond donors (Lipinski definition) is 0. The monoisotopic (exact) mass is 318 g/mol. The SMILES string of the molecule is CC1CC1CN(C)S(=O)(=O)c1ccc(Cl)c([N+](=O)[O-])c1. The molecule has 110 valence electrons. The summed E-state index contributed by atoms with van der Waals surface area (Å²) in [6.07, 6.45) is 1.01. The van der Waals surface area contributed by atoms with Crippen LogP contribution in [0.2, 0.25) is 5.02 Å². The van der Waals surface area contributed by atoms with Crippen molar-refractivity contribution in [2.45, 2.75) is 18.2 Å². The van der Waals surface area contributed by atoms with Gasteiger partial charge in [-0.3, -0.25) is 10.1 Å². The van der Waals surface area contributed by atoms with Crippen LogP contribution in [0.4, 0.5) is 5.69 Å². The van der Waals surface area contributed by atoms with Gasteiger partial charge in [-0.05, 0) is 30.4 Å². The normalized spacial score (nSPS) is 22.0. The highest BCUT2D eigenvalue weighted by atomic mass is 35.5. The zero-order valence-electron chi connectivity index (χ0n) is 11.1. The Morgan fingerprint density at radius 1 is 1.50 bits per heavy atom. The van der Waals surface area contributed by atoms with Crippen molar-refractivity contribution < 1.29 is 13.3 Å². The van der Waals surface area contributed by atoms with Gasteiger partial charge in [-0.15, -0.1) is 0 Å². The highest BCUT2D eigenvalue weighted by molar-refractivity contribution is 7.89. The van der Waals surface area contributed by atoms with Crippen molar-refractivity contribution in [3.63, 3.8) is 0 Å². The lowest BCUT2D eigenvalue weighted by Crippen LogP contribution is -2.29. The third kappa shape index (κ3) is 2.94. The minimum absolute atomic E-state index is 0.0765. The van der Waals surface area contributed by atoms with Crippen molar-refractivity contribution in [3.05, 3.63) is 33.3 Å². The second-order valence-corrected chi connectivity index (χ2v) is 7.58. The van der Waals surface area contributed by atoms with Gasteiger partial charge in [0.1, 0.15) is 5.02 Å². The Bertz CT molecular complexity index is 647. The molecular weight excluding hydrogens is 304 g/mol. The van der Waals surface area contributed by atoms with E-state index in [1.807, 2.05) is 0 Å². The molecule has 0 radical (unpaired) electrons. The van der Waals surface area contributed by atoms with E-state index in [2.05, 4.69) is 6.92 Å². The smallest absolute Gasteiger partial charge is 0.258 e. The van der Waals surface area contributed by atoms with Gasteiger partial charge in [0.25, 0.3) is 5.69 Å². The maximum atomic E-state index is 12.3. The average molecular weight is 319 g/mol. The molecule has 0 aromatic heterocycles. The second-order valence-electron chi connectivity index (χ2n) is 5.13. The summed E-state index contributed by atoms with van der Waals surface area (Å²) in [6.45, 7) is 2.50. The fraction of sp³-hybridized carbons (Fsp3) is 0.500.